The van der Waals surface area contributed by atoms with Gasteiger partial charge < -0.3 is 4.57 Å². The van der Waals surface area contributed by atoms with Crippen molar-refractivity contribution in [2.75, 3.05) is 5.75 Å². The first kappa shape index (κ1) is 12.2. The lowest BCUT2D eigenvalue weighted by Gasteiger charge is -1.99. The van der Waals surface area contributed by atoms with E-state index in [2.05, 4.69) is 11.5 Å². The largest absolute Gasteiger partial charge is 0.347 e. The number of aryl methyl sites for hydroxylation is 1. The van der Waals surface area contributed by atoms with Crippen molar-refractivity contribution in [1.29, 1.82) is 0 Å². The van der Waals surface area contributed by atoms with Crippen molar-refractivity contribution < 1.29 is 8.42 Å². The fourth-order valence-corrected chi connectivity index (χ4v) is 2.95. The normalized spacial score (nSPS) is 12.1. The van der Waals surface area contributed by atoms with E-state index >= 15 is 0 Å². The van der Waals surface area contributed by atoms with Gasteiger partial charge in [-0.2, -0.15) is 0 Å². The molecule has 0 spiro atoms. The summed E-state index contributed by atoms with van der Waals surface area (Å²) in [5.74, 6) is 0.329. The van der Waals surface area contributed by atoms with Crippen LogP contribution in [0.5, 0.6) is 0 Å². The molecule has 0 N–H and O–H groups in total. The minimum atomic E-state index is -2.97. The van der Waals surface area contributed by atoms with E-state index in [9.17, 15) is 8.42 Å². The van der Waals surface area contributed by atoms with Crippen LogP contribution in [0.1, 0.15) is 19.4 Å². The van der Waals surface area contributed by atoms with Crippen LogP contribution in [0.4, 0.5) is 0 Å². The maximum Gasteiger partial charge on any atom is 0.154 e. The summed E-state index contributed by atoms with van der Waals surface area (Å²) in [6, 6.07) is 7.94. The zero-order valence-corrected chi connectivity index (χ0v) is 11.0. The molecule has 0 amide bonds. The van der Waals surface area contributed by atoms with E-state index < -0.39 is 9.84 Å². The number of rotatable bonds is 4. The molecule has 4 heteroatoms. The smallest absolute Gasteiger partial charge is 0.154 e. The Labute approximate surface area is 102 Å². The van der Waals surface area contributed by atoms with Gasteiger partial charge in [-0.15, -0.1) is 0 Å². The molecule has 2 rings (SSSR count). The standard InChI is InChI=1S/C13H17NO2S/c1-3-14-9-11(10-17(15,16)4-2)12-7-5-6-8-13(12)14/h5-9H,3-4,10H2,1-2H3. The van der Waals surface area contributed by atoms with Crippen LogP contribution in [0.2, 0.25) is 0 Å². The highest BCUT2D eigenvalue weighted by molar-refractivity contribution is 7.90. The molecule has 92 valence electrons. The average Bonchev–Trinajstić information content (AvgIpc) is 2.67. The molecule has 0 bridgehead atoms. The monoisotopic (exact) mass is 251 g/mol. The van der Waals surface area contributed by atoms with Gasteiger partial charge in [-0.3, -0.25) is 0 Å². The maximum absolute atomic E-state index is 11.7. The van der Waals surface area contributed by atoms with Crippen molar-refractivity contribution in [1.82, 2.24) is 4.57 Å². The highest BCUT2D eigenvalue weighted by Crippen LogP contribution is 2.23. The van der Waals surface area contributed by atoms with Gasteiger partial charge in [-0.1, -0.05) is 25.1 Å². The van der Waals surface area contributed by atoms with E-state index in [0.29, 0.717) is 0 Å². The first-order valence-corrected chi connectivity index (χ1v) is 7.66. The van der Waals surface area contributed by atoms with Gasteiger partial charge in [0.15, 0.2) is 9.84 Å². The lowest BCUT2D eigenvalue weighted by atomic mass is 10.2. The van der Waals surface area contributed by atoms with E-state index in [1.807, 2.05) is 30.5 Å². The highest BCUT2D eigenvalue weighted by Gasteiger charge is 2.14. The summed E-state index contributed by atoms with van der Waals surface area (Å²) < 4.78 is 25.5. The number of fused-ring (bicyclic) bond motifs is 1. The van der Waals surface area contributed by atoms with Crippen molar-refractivity contribution in [2.45, 2.75) is 26.1 Å². The van der Waals surface area contributed by atoms with Crippen molar-refractivity contribution in [3.05, 3.63) is 36.0 Å². The molecule has 0 saturated heterocycles. The third kappa shape index (κ3) is 2.36. The van der Waals surface area contributed by atoms with Gasteiger partial charge in [-0.05, 0) is 18.6 Å². The van der Waals surface area contributed by atoms with E-state index in [0.717, 1.165) is 23.0 Å². The number of nitrogens with zero attached hydrogens (tertiary/aromatic N) is 1. The highest BCUT2D eigenvalue weighted by atomic mass is 32.2. The lowest BCUT2D eigenvalue weighted by Crippen LogP contribution is -2.06. The molecule has 17 heavy (non-hydrogen) atoms. The summed E-state index contributed by atoms with van der Waals surface area (Å²) in [5.41, 5.74) is 2.01. The third-order valence-electron chi connectivity index (χ3n) is 3.03. The average molecular weight is 251 g/mol. The van der Waals surface area contributed by atoms with E-state index in [1.54, 1.807) is 6.92 Å². The SMILES string of the molecule is CCn1cc(CS(=O)(=O)CC)c2ccccc21. The Morgan fingerprint density at radius 3 is 2.53 bits per heavy atom. The minimum Gasteiger partial charge on any atom is -0.347 e. The summed E-state index contributed by atoms with van der Waals surface area (Å²) in [7, 11) is -2.97. The first-order valence-electron chi connectivity index (χ1n) is 5.84. The molecule has 0 aliphatic rings. The number of benzene rings is 1. The fourth-order valence-electron chi connectivity index (χ4n) is 2.04. The van der Waals surface area contributed by atoms with Crippen LogP contribution in [0.3, 0.4) is 0 Å². The Morgan fingerprint density at radius 2 is 1.88 bits per heavy atom. The Bertz CT molecular complexity index is 626. The van der Waals surface area contributed by atoms with Crippen molar-refractivity contribution in [2.24, 2.45) is 0 Å². The molecule has 0 unspecified atom stereocenters. The zero-order chi connectivity index (χ0) is 12.5. The zero-order valence-electron chi connectivity index (χ0n) is 10.2. The predicted octanol–water partition coefficient (Wildman–Crippen LogP) is 2.60. The predicted molar refractivity (Wildman–Crippen MR) is 70.8 cm³/mol. The molecule has 0 saturated carbocycles. The molecule has 0 radical (unpaired) electrons. The number of aromatic nitrogens is 1. The summed E-state index contributed by atoms with van der Waals surface area (Å²) in [6.07, 6.45) is 1.96. The van der Waals surface area contributed by atoms with Crippen molar-refractivity contribution in [3.63, 3.8) is 0 Å². The number of para-hydroxylation sites is 1. The molecule has 0 aliphatic carbocycles. The molecule has 0 fully saturated rings. The number of sulfone groups is 1. The lowest BCUT2D eigenvalue weighted by molar-refractivity contribution is 0.596. The van der Waals surface area contributed by atoms with Gasteiger partial charge >= 0.3 is 0 Å². The molecule has 0 atom stereocenters. The second-order valence-electron chi connectivity index (χ2n) is 4.13. The molecule has 3 nitrogen and oxygen atoms in total. The fraction of sp³-hybridized carbons (Fsp3) is 0.385. The van der Waals surface area contributed by atoms with Gasteiger partial charge in [-0.25, -0.2) is 8.42 Å². The Morgan fingerprint density at radius 1 is 1.18 bits per heavy atom. The maximum atomic E-state index is 11.7. The van der Waals surface area contributed by atoms with Gasteiger partial charge in [0.05, 0.1) is 5.75 Å². The topological polar surface area (TPSA) is 39.1 Å². The molecule has 1 aromatic heterocycles. The van der Waals surface area contributed by atoms with Crippen molar-refractivity contribution in [3.8, 4) is 0 Å². The molecular weight excluding hydrogens is 234 g/mol. The summed E-state index contributed by atoms with van der Waals surface area (Å²) in [5, 5.41) is 1.05. The van der Waals surface area contributed by atoms with Gasteiger partial charge in [0.1, 0.15) is 0 Å². The second-order valence-corrected chi connectivity index (χ2v) is 6.49. The molecule has 1 heterocycles. The van der Waals surface area contributed by atoms with E-state index in [-0.39, 0.29) is 11.5 Å². The number of hydrogen-bond donors (Lipinski definition) is 0. The van der Waals surface area contributed by atoms with Gasteiger partial charge in [0.2, 0.25) is 0 Å². The van der Waals surface area contributed by atoms with E-state index in [4.69, 9.17) is 0 Å². The van der Waals surface area contributed by atoms with Crippen LogP contribution in [0.25, 0.3) is 10.9 Å². The second kappa shape index (κ2) is 4.53. The number of hydrogen-bond acceptors (Lipinski definition) is 2. The minimum absolute atomic E-state index is 0.136. The van der Waals surface area contributed by atoms with Crippen LogP contribution < -0.4 is 0 Å². The van der Waals surface area contributed by atoms with Crippen LogP contribution in [-0.4, -0.2) is 18.7 Å². The summed E-state index contributed by atoms with van der Waals surface area (Å²) in [6.45, 7) is 4.60. The van der Waals surface area contributed by atoms with Crippen LogP contribution in [0.15, 0.2) is 30.5 Å². The van der Waals surface area contributed by atoms with Crippen LogP contribution in [0, 0.1) is 0 Å². The molecule has 0 aliphatic heterocycles. The Kier molecular flexibility index (Phi) is 3.24. The van der Waals surface area contributed by atoms with Gasteiger partial charge in [0.25, 0.3) is 0 Å². The molecule has 2 aromatic rings. The van der Waals surface area contributed by atoms with Crippen LogP contribution >= 0.6 is 0 Å². The van der Waals surface area contributed by atoms with Gasteiger partial charge in [0, 0.05) is 29.4 Å². The third-order valence-corrected chi connectivity index (χ3v) is 4.66. The van der Waals surface area contributed by atoms with Crippen LogP contribution in [-0.2, 0) is 22.1 Å². The Hall–Kier alpha value is -1.29. The quantitative estimate of drug-likeness (QED) is 0.838. The van der Waals surface area contributed by atoms with E-state index in [1.165, 1.54) is 0 Å². The summed E-state index contributed by atoms with van der Waals surface area (Å²) in [4.78, 5) is 0. The molecular formula is C13H17NO2S. The Balaban J connectivity index is 2.55. The first-order chi connectivity index (χ1) is 8.07. The summed E-state index contributed by atoms with van der Waals surface area (Å²) >= 11 is 0. The molecule has 1 aromatic carbocycles. The van der Waals surface area contributed by atoms with Crippen molar-refractivity contribution >= 4 is 20.7 Å².